The van der Waals surface area contributed by atoms with Crippen LogP contribution >= 0.6 is 0 Å². The Morgan fingerprint density at radius 1 is 1.50 bits per heavy atom. The molecule has 8 heteroatoms. The second-order valence-corrected chi connectivity index (χ2v) is 6.62. The summed E-state index contributed by atoms with van der Waals surface area (Å²) >= 11 is 0. The Balaban J connectivity index is 1.96. The Morgan fingerprint density at radius 2 is 2.23 bits per heavy atom. The number of nitrogens with one attached hydrogen (secondary N) is 1. The lowest BCUT2D eigenvalue weighted by molar-refractivity contribution is 0.0535. The number of ether oxygens (including phenoxy) is 2. The zero-order valence-corrected chi connectivity index (χ0v) is 14.8. The van der Waals surface area contributed by atoms with Crippen LogP contribution in [-0.4, -0.2) is 48.7 Å². The van der Waals surface area contributed by atoms with E-state index in [1.165, 1.54) is 23.1 Å². The van der Waals surface area contributed by atoms with E-state index in [0.29, 0.717) is 5.69 Å². The first-order chi connectivity index (χ1) is 12.2. The van der Waals surface area contributed by atoms with E-state index in [1.54, 1.807) is 20.8 Å². The van der Waals surface area contributed by atoms with Gasteiger partial charge in [0.2, 0.25) is 0 Å². The Morgan fingerprint density at radius 3 is 2.81 bits per heavy atom. The number of aliphatic hydroxyl groups excluding tert-OH is 1. The number of aliphatic hydroxyl groups is 1. The number of amides is 2. The average Bonchev–Trinajstić information content (AvgIpc) is 2.92. The lowest BCUT2D eigenvalue weighted by Crippen LogP contribution is -2.32. The summed E-state index contributed by atoms with van der Waals surface area (Å²) in [6.45, 7) is 5.10. The SMILES string of the molecule is CC(C)(C)OC(=O)NCC#Cc1ccc(N2C[C@H](CO)OC2=O)cc1F. The van der Waals surface area contributed by atoms with Crippen LogP contribution in [-0.2, 0) is 9.47 Å². The van der Waals surface area contributed by atoms with Crippen molar-refractivity contribution in [3.05, 3.63) is 29.6 Å². The number of alkyl carbamates (subject to hydrolysis) is 1. The molecule has 2 amide bonds. The summed E-state index contributed by atoms with van der Waals surface area (Å²) in [6.07, 6.45) is -1.86. The van der Waals surface area contributed by atoms with Crippen LogP contribution in [0, 0.1) is 17.7 Å². The number of hydrogen-bond acceptors (Lipinski definition) is 5. The number of benzene rings is 1. The molecular formula is C18H21FN2O5. The minimum Gasteiger partial charge on any atom is -0.444 e. The van der Waals surface area contributed by atoms with Crippen LogP contribution in [0.3, 0.4) is 0 Å². The maximum atomic E-state index is 14.2. The van der Waals surface area contributed by atoms with Crippen molar-refractivity contribution >= 4 is 17.9 Å². The van der Waals surface area contributed by atoms with Crippen molar-refractivity contribution in [1.29, 1.82) is 0 Å². The Hall–Kier alpha value is -2.79. The van der Waals surface area contributed by atoms with Crippen LogP contribution in [0.1, 0.15) is 26.3 Å². The molecule has 0 aliphatic carbocycles. The molecular weight excluding hydrogens is 343 g/mol. The second kappa shape index (κ2) is 8.06. The maximum absolute atomic E-state index is 14.2. The minimum absolute atomic E-state index is 0.00668. The number of halogens is 1. The third kappa shape index (κ3) is 5.36. The third-order valence-corrected chi connectivity index (χ3v) is 3.29. The monoisotopic (exact) mass is 364 g/mol. The fourth-order valence-corrected chi connectivity index (χ4v) is 2.17. The third-order valence-electron chi connectivity index (χ3n) is 3.29. The summed E-state index contributed by atoms with van der Waals surface area (Å²) in [4.78, 5) is 24.4. The smallest absolute Gasteiger partial charge is 0.414 e. The molecule has 0 bridgehead atoms. The molecule has 26 heavy (non-hydrogen) atoms. The van der Waals surface area contributed by atoms with Crippen molar-refractivity contribution in [2.45, 2.75) is 32.5 Å². The molecule has 7 nitrogen and oxygen atoms in total. The Labute approximate surface area is 151 Å². The summed E-state index contributed by atoms with van der Waals surface area (Å²) in [5.74, 6) is 4.64. The van der Waals surface area contributed by atoms with E-state index in [9.17, 15) is 14.0 Å². The van der Waals surface area contributed by atoms with Gasteiger partial charge in [-0.15, -0.1) is 0 Å². The van der Waals surface area contributed by atoms with Gasteiger partial charge in [-0.3, -0.25) is 4.90 Å². The van der Waals surface area contributed by atoms with Gasteiger partial charge < -0.3 is 19.9 Å². The Kier molecular flexibility index (Phi) is 6.05. The molecule has 1 aromatic rings. The van der Waals surface area contributed by atoms with E-state index in [0.717, 1.165) is 0 Å². The van der Waals surface area contributed by atoms with Crippen molar-refractivity contribution in [2.75, 3.05) is 24.6 Å². The molecule has 2 rings (SSSR count). The zero-order valence-electron chi connectivity index (χ0n) is 14.8. The van der Waals surface area contributed by atoms with Gasteiger partial charge in [0, 0.05) is 0 Å². The number of nitrogens with zero attached hydrogens (tertiary/aromatic N) is 1. The van der Waals surface area contributed by atoms with Gasteiger partial charge in [0.25, 0.3) is 0 Å². The number of carbonyl (C=O) groups excluding carboxylic acids is 2. The summed E-state index contributed by atoms with van der Waals surface area (Å²) in [5, 5.41) is 11.5. The lowest BCUT2D eigenvalue weighted by atomic mass is 10.2. The van der Waals surface area contributed by atoms with Crippen LogP contribution in [0.25, 0.3) is 0 Å². The van der Waals surface area contributed by atoms with Crippen LogP contribution < -0.4 is 10.2 Å². The number of cyclic esters (lactones) is 1. The van der Waals surface area contributed by atoms with Crippen LogP contribution in [0.2, 0.25) is 0 Å². The van der Waals surface area contributed by atoms with E-state index in [-0.39, 0.29) is 25.3 Å². The van der Waals surface area contributed by atoms with Crippen LogP contribution in [0.5, 0.6) is 0 Å². The van der Waals surface area contributed by atoms with Gasteiger partial charge in [0.15, 0.2) is 0 Å². The second-order valence-electron chi connectivity index (χ2n) is 6.62. The molecule has 1 heterocycles. The highest BCUT2D eigenvalue weighted by Gasteiger charge is 2.32. The summed E-state index contributed by atoms with van der Waals surface area (Å²) < 4.78 is 24.1. The standard InChI is InChI=1S/C18H21FN2O5/c1-18(2,3)26-16(23)20-8-4-5-12-6-7-13(9-15(12)19)21-10-14(11-22)25-17(21)24/h6-7,9,14,22H,8,10-11H2,1-3H3,(H,20,23)/t14-/m1/s1. The van der Waals surface area contributed by atoms with Crippen molar-refractivity contribution in [3.63, 3.8) is 0 Å². The van der Waals surface area contributed by atoms with Gasteiger partial charge >= 0.3 is 12.2 Å². The van der Waals surface area contributed by atoms with E-state index < -0.39 is 29.7 Å². The van der Waals surface area contributed by atoms with Gasteiger partial charge in [-0.1, -0.05) is 11.8 Å². The fourth-order valence-electron chi connectivity index (χ4n) is 2.17. The summed E-state index contributed by atoms with van der Waals surface area (Å²) in [5.41, 5.74) is -0.155. The van der Waals surface area contributed by atoms with E-state index >= 15 is 0 Å². The highest BCUT2D eigenvalue weighted by molar-refractivity contribution is 5.89. The predicted octanol–water partition coefficient (Wildman–Crippen LogP) is 2.02. The fraction of sp³-hybridized carbons (Fsp3) is 0.444. The molecule has 0 saturated carbocycles. The van der Waals surface area contributed by atoms with Crippen molar-refractivity contribution in [2.24, 2.45) is 0 Å². The highest BCUT2D eigenvalue weighted by Crippen LogP contribution is 2.23. The first-order valence-corrected chi connectivity index (χ1v) is 8.04. The molecule has 2 N–H and O–H groups in total. The maximum Gasteiger partial charge on any atom is 0.414 e. The largest absolute Gasteiger partial charge is 0.444 e. The van der Waals surface area contributed by atoms with Gasteiger partial charge in [0.1, 0.15) is 17.5 Å². The van der Waals surface area contributed by atoms with E-state index in [2.05, 4.69) is 17.2 Å². The molecule has 1 aromatic carbocycles. The number of hydrogen-bond donors (Lipinski definition) is 2. The van der Waals surface area contributed by atoms with Crippen molar-refractivity contribution in [3.8, 4) is 11.8 Å². The van der Waals surface area contributed by atoms with Crippen LogP contribution in [0.4, 0.5) is 19.7 Å². The first kappa shape index (κ1) is 19.5. The molecule has 1 aliphatic rings. The molecule has 0 spiro atoms. The molecule has 0 aromatic heterocycles. The van der Waals surface area contributed by atoms with Gasteiger partial charge in [0.05, 0.1) is 30.9 Å². The quantitative estimate of drug-likeness (QED) is 0.801. The molecule has 1 saturated heterocycles. The number of rotatable bonds is 3. The topological polar surface area (TPSA) is 88.1 Å². The van der Waals surface area contributed by atoms with Gasteiger partial charge in [-0.05, 0) is 39.0 Å². The Bertz CT molecular complexity index is 748. The molecule has 0 radical (unpaired) electrons. The normalized spacial score (nSPS) is 16.6. The number of anilines is 1. The highest BCUT2D eigenvalue weighted by atomic mass is 19.1. The first-order valence-electron chi connectivity index (χ1n) is 8.04. The van der Waals surface area contributed by atoms with Crippen molar-refractivity contribution in [1.82, 2.24) is 5.32 Å². The van der Waals surface area contributed by atoms with E-state index in [1.807, 2.05) is 0 Å². The molecule has 1 atom stereocenters. The van der Waals surface area contributed by atoms with Crippen LogP contribution in [0.15, 0.2) is 18.2 Å². The molecule has 0 unspecified atom stereocenters. The van der Waals surface area contributed by atoms with Gasteiger partial charge in [-0.25, -0.2) is 14.0 Å². The summed E-state index contributed by atoms with van der Waals surface area (Å²) in [7, 11) is 0. The predicted molar refractivity (Wildman–Crippen MR) is 92.2 cm³/mol. The molecule has 1 aliphatic heterocycles. The van der Waals surface area contributed by atoms with Crippen molar-refractivity contribution < 1.29 is 28.6 Å². The van der Waals surface area contributed by atoms with E-state index in [4.69, 9.17) is 14.6 Å². The number of carbonyl (C=O) groups is 2. The summed E-state index contributed by atoms with van der Waals surface area (Å²) in [6, 6.07) is 4.15. The van der Waals surface area contributed by atoms with Gasteiger partial charge in [-0.2, -0.15) is 0 Å². The average molecular weight is 364 g/mol. The zero-order chi connectivity index (χ0) is 19.3. The molecule has 140 valence electrons. The molecule has 1 fully saturated rings. The minimum atomic E-state index is -0.635. The lowest BCUT2D eigenvalue weighted by Gasteiger charge is -2.19.